The molecule has 0 radical (unpaired) electrons. The quantitative estimate of drug-likeness (QED) is 0.851. The minimum absolute atomic E-state index is 0.727. The first kappa shape index (κ1) is 12.6. The van der Waals surface area contributed by atoms with Crippen molar-refractivity contribution in [3.63, 3.8) is 0 Å². The highest BCUT2D eigenvalue weighted by Crippen LogP contribution is 2.28. The van der Waals surface area contributed by atoms with Gasteiger partial charge < -0.3 is 5.32 Å². The van der Waals surface area contributed by atoms with Gasteiger partial charge in [0, 0.05) is 12.6 Å². The average molecular weight is 236 g/mol. The summed E-state index contributed by atoms with van der Waals surface area (Å²) >= 11 is 0. The number of nitrogens with one attached hydrogen (secondary N) is 1. The maximum absolute atomic E-state index is 4.43. The van der Waals surface area contributed by atoms with E-state index in [1.165, 1.54) is 25.7 Å². The molecule has 0 aliphatic heterocycles. The van der Waals surface area contributed by atoms with E-state index in [2.05, 4.69) is 27.0 Å². The summed E-state index contributed by atoms with van der Waals surface area (Å²) in [5.74, 6) is 2.75. The molecule has 0 spiro atoms. The van der Waals surface area contributed by atoms with E-state index in [0.29, 0.717) is 0 Å². The molecule has 1 heterocycles. The lowest BCUT2D eigenvalue weighted by atomic mass is 9.99. The highest BCUT2D eigenvalue weighted by atomic mass is 15.3. The zero-order chi connectivity index (χ0) is 12.3. The van der Waals surface area contributed by atoms with Crippen LogP contribution in [0.25, 0.3) is 0 Å². The van der Waals surface area contributed by atoms with Crippen molar-refractivity contribution < 1.29 is 0 Å². The molecular weight excluding hydrogens is 212 g/mol. The minimum atomic E-state index is 0.727. The van der Waals surface area contributed by atoms with Crippen molar-refractivity contribution in [3.8, 4) is 0 Å². The number of rotatable bonds is 5. The van der Waals surface area contributed by atoms with Gasteiger partial charge in [-0.05, 0) is 45.6 Å². The summed E-state index contributed by atoms with van der Waals surface area (Å²) in [5, 5.41) is 8.03. The van der Waals surface area contributed by atoms with Crippen molar-refractivity contribution in [2.24, 2.45) is 5.92 Å². The maximum atomic E-state index is 4.43. The number of aromatic nitrogens is 3. The fourth-order valence-electron chi connectivity index (χ4n) is 2.97. The van der Waals surface area contributed by atoms with E-state index in [0.717, 1.165) is 36.7 Å². The third kappa shape index (κ3) is 3.06. The summed E-state index contributed by atoms with van der Waals surface area (Å²) in [7, 11) is 0. The van der Waals surface area contributed by atoms with Crippen LogP contribution >= 0.6 is 0 Å². The number of hydrogen-bond donors (Lipinski definition) is 1. The van der Waals surface area contributed by atoms with Gasteiger partial charge in [0.25, 0.3) is 0 Å². The second kappa shape index (κ2) is 5.63. The number of nitrogens with zero attached hydrogens (tertiary/aromatic N) is 3. The lowest BCUT2D eigenvalue weighted by Crippen LogP contribution is -2.32. The second-order valence-corrected chi connectivity index (χ2v) is 5.07. The predicted octanol–water partition coefficient (Wildman–Crippen LogP) is 2.06. The van der Waals surface area contributed by atoms with Crippen molar-refractivity contribution in [3.05, 3.63) is 11.6 Å². The molecule has 2 atom stereocenters. The molecule has 1 aromatic heterocycles. The van der Waals surface area contributed by atoms with Gasteiger partial charge in [0.05, 0.1) is 0 Å². The van der Waals surface area contributed by atoms with E-state index in [4.69, 9.17) is 0 Å². The van der Waals surface area contributed by atoms with Crippen LogP contribution < -0.4 is 5.32 Å². The van der Waals surface area contributed by atoms with E-state index >= 15 is 0 Å². The lowest BCUT2D eigenvalue weighted by Gasteiger charge is -2.20. The van der Waals surface area contributed by atoms with E-state index < -0.39 is 0 Å². The Hall–Kier alpha value is -0.900. The van der Waals surface area contributed by atoms with E-state index in [9.17, 15) is 0 Å². The molecule has 17 heavy (non-hydrogen) atoms. The summed E-state index contributed by atoms with van der Waals surface area (Å²) < 4.78 is 2.05. The molecule has 1 aliphatic carbocycles. The van der Waals surface area contributed by atoms with Crippen molar-refractivity contribution in [1.29, 1.82) is 0 Å². The van der Waals surface area contributed by atoms with Crippen LogP contribution in [0, 0.1) is 19.8 Å². The minimum Gasteiger partial charge on any atom is -0.314 e. The van der Waals surface area contributed by atoms with Crippen LogP contribution in [0.2, 0.25) is 0 Å². The predicted molar refractivity (Wildman–Crippen MR) is 68.9 cm³/mol. The molecule has 0 aromatic carbocycles. The van der Waals surface area contributed by atoms with Gasteiger partial charge in [-0.3, -0.25) is 4.68 Å². The average Bonchev–Trinajstić information content (AvgIpc) is 2.83. The van der Waals surface area contributed by atoms with Gasteiger partial charge in [-0.25, -0.2) is 4.98 Å². The van der Waals surface area contributed by atoms with Crippen LogP contribution in [0.15, 0.2) is 0 Å². The molecule has 4 heteroatoms. The summed E-state index contributed by atoms with van der Waals surface area (Å²) in [5.41, 5.74) is 0. The normalized spacial score (nSPS) is 24.4. The van der Waals surface area contributed by atoms with Gasteiger partial charge in [-0.15, -0.1) is 0 Å². The van der Waals surface area contributed by atoms with E-state index in [1.54, 1.807) is 0 Å². The molecule has 1 fully saturated rings. The van der Waals surface area contributed by atoms with Gasteiger partial charge in [0.1, 0.15) is 11.6 Å². The summed E-state index contributed by atoms with van der Waals surface area (Å²) in [4.78, 5) is 4.35. The van der Waals surface area contributed by atoms with Crippen LogP contribution in [-0.2, 0) is 6.54 Å². The van der Waals surface area contributed by atoms with Crippen molar-refractivity contribution in [2.75, 3.05) is 6.54 Å². The molecule has 96 valence electrons. The largest absolute Gasteiger partial charge is 0.314 e. The molecule has 0 saturated heterocycles. The number of aryl methyl sites for hydroxylation is 3. The first-order valence-corrected chi connectivity index (χ1v) is 6.82. The van der Waals surface area contributed by atoms with Gasteiger partial charge in [-0.1, -0.05) is 13.3 Å². The fourth-order valence-corrected chi connectivity index (χ4v) is 2.97. The Morgan fingerprint density at radius 2 is 2.18 bits per heavy atom. The summed E-state index contributed by atoms with van der Waals surface area (Å²) in [6, 6.07) is 0.727. The van der Waals surface area contributed by atoms with Crippen LogP contribution in [0.3, 0.4) is 0 Å². The molecule has 2 rings (SSSR count). The Bertz CT molecular complexity index is 358. The molecule has 1 aromatic rings. The number of hydrogen-bond acceptors (Lipinski definition) is 3. The van der Waals surface area contributed by atoms with Gasteiger partial charge in [0.2, 0.25) is 0 Å². The molecule has 2 unspecified atom stereocenters. The van der Waals surface area contributed by atoms with Crippen LogP contribution in [0.5, 0.6) is 0 Å². The zero-order valence-corrected chi connectivity index (χ0v) is 11.2. The lowest BCUT2D eigenvalue weighted by molar-refractivity contribution is 0.356. The standard InChI is InChI=1S/C13H24N4/c1-4-14-13-7-5-6-12(13)8-9-17-11(3)15-10(2)16-17/h12-14H,4-9H2,1-3H3. The topological polar surface area (TPSA) is 42.7 Å². The highest BCUT2D eigenvalue weighted by Gasteiger charge is 2.26. The van der Waals surface area contributed by atoms with E-state index in [1.807, 2.05) is 13.8 Å². The van der Waals surface area contributed by atoms with Crippen LogP contribution in [-0.4, -0.2) is 27.4 Å². The molecule has 0 bridgehead atoms. The van der Waals surface area contributed by atoms with Crippen LogP contribution in [0.4, 0.5) is 0 Å². The molecule has 0 amide bonds. The van der Waals surface area contributed by atoms with Gasteiger partial charge in [-0.2, -0.15) is 5.10 Å². The SMILES string of the molecule is CCNC1CCCC1CCn1nc(C)nc1C. The van der Waals surface area contributed by atoms with E-state index in [-0.39, 0.29) is 0 Å². The first-order valence-electron chi connectivity index (χ1n) is 6.82. The van der Waals surface area contributed by atoms with Crippen LogP contribution in [0.1, 0.15) is 44.3 Å². The van der Waals surface area contributed by atoms with Gasteiger partial charge in [0.15, 0.2) is 0 Å². The van der Waals surface area contributed by atoms with Crippen molar-refractivity contribution in [2.45, 2.75) is 59.0 Å². The zero-order valence-electron chi connectivity index (χ0n) is 11.2. The molecule has 1 N–H and O–H groups in total. The van der Waals surface area contributed by atoms with Crippen molar-refractivity contribution >= 4 is 0 Å². The smallest absolute Gasteiger partial charge is 0.147 e. The Labute approximate surface area is 104 Å². The summed E-state index contributed by atoms with van der Waals surface area (Å²) in [6.45, 7) is 8.29. The third-order valence-electron chi connectivity index (χ3n) is 3.80. The molecular formula is C13H24N4. The van der Waals surface area contributed by atoms with Gasteiger partial charge >= 0.3 is 0 Å². The Kier molecular flexibility index (Phi) is 4.15. The maximum Gasteiger partial charge on any atom is 0.147 e. The monoisotopic (exact) mass is 236 g/mol. The fraction of sp³-hybridized carbons (Fsp3) is 0.846. The molecule has 1 aliphatic rings. The first-order chi connectivity index (χ1) is 8.20. The Morgan fingerprint density at radius 1 is 1.35 bits per heavy atom. The van der Waals surface area contributed by atoms with Crippen molar-refractivity contribution in [1.82, 2.24) is 20.1 Å². The third-order valence-corrected chi connectivity index (χ3v) is 3.80. The highest BCUT2D eigenvalue weighted by molar-refractivity contribution is 4.88. The Balaban J connectivity index is 1.87. The second-order valence-electron chi connectivity index (χ2n) is 5.07. The molecule has 4 nitrogen and oxygen atoms in total. The summed E-state index contributed by atoms with van der Waals surface area (Å²) in [6.07, 6.45) is 5.30. The Morgan fingerprint density at radius 3 is 2.82 bits per heavy atom. The molecule has 1 saturated carbocycles.